The molecule has 2 amide bonds. The van der Waals surface area contributed by atoms with E-state index in [-0.39, 0.29) is 30.6 Å². The van der Waals surface area contributed by atoms with Crippen LogP contribution in [0.5, 0.6) is 0 Å². The van der Waals surface area contributed by atoms with Crippen molar-refractivity contribution < 1.29 is 19.4 Å². The molecule has 0 radical (unpaired) electrons. The van der Waals surface area contributed by atoms with Crippen LogP contribution in [0, 0.1) is 12.8 Å². The number of carbonyl (C=O) groups is 2. The van der Waals surface area contributed by atoms with Gasteiger partial charge in [0.25, 0.3) is 0 Å². The minimum atomic E-state index is -0.524. The number of aromatic nitrogens is 1. The number of dihydropyridines is 2. The third kappa shape index (κ3) is 7.55. The third-order valence-electron chi connectivity index (χ3n) is 8.94. The van der Waals surface area contributed by atoms with Crippen LogP contribution in [0.15, 0.2) is 75.9 Å². The van der Waals surface area contributed by atoms with Gasteiger partial charge in [-0.3, -0.25) is 19.6 Å². The molecule has 3 aliphatic heterocycles. The zero-order chi connectivity index (χ0) is 32.6. The van der Waals surface area contributed by atoms with Gasteiger partial charge >= 0.3 is 0 Å². The number of aliphatic hydroxyl groups excluding tert-OH is 1. The molecule has 5 rings (SSSR count). The van der Waals surface area contributed by atoms with E-state index in [2.05, 4.69) is 56.7 Å². The fourth-order valence-electron chi connectivity index (χ4n) is 6.23. The number of nitrogens with zero attached hydrogens (tertiary/aromatic N) is 2. The lowest BCUT2D eigenvalue weighted by molar-refractivity contribution is -0.122. The predicted octanol–water partition coefficient (Wildman–Crippen LogP) is 2.74. The number of aliphatic hydroxyl groups is 1. The van der Waals surface area contributed by atoms with Crippen LogP contribution in [-0.4, -0.2) is 73.7 Å². The number of ether oxygens (including phenoxy) is 1. The predicted molar refractivity (Wildman–Crippen MR) is 180 cm³/mol. The largest absolute Gasteiger partial charge is 0.395 e. The van der Waals surface area contributed by atoms with E-state index in [1.807, 2.05) is 38.4 Å². The standard InChI is InChI=1S/C35H45N7O4/c1-21-24(18-36-16-17-43)12-14-39-33(21)34(45)41-29-7-5-6-28(22(29)2)32-23(3)27(13-15-38-32)30-10-8-25(35(42-30)46-4)19-37-20-26-9-11-31(44)40-26/h7-8,10,12-15,20-21,33,35-37,42-43H,5-6,9,11,16-19H2,1-4H3,(H,40,44)(H,41,45)/b26-20+/t21-,33-,35?/m0/s1. The van der Waals surface area contributed by atoms with Gasteiger partial charge in [0.15, 0.2) is 6.23 Å². The maximum Gasteiger partial charge on any atom is 0.249 e. The van der Waals surface area contributed by atoms with Crippen molar-refractivity contribution in [3.8, 4) is 0 Å². The molecular weight excluding hydrogens is 582 g/mol. The van der Waals surface area contributed by atoms with E-state index in [0.29, 0.717) is 26.1 Å². The van der Waals surface area contributed by atoms with Gasteiger partial charge in [0, 0.05) is 80.3 Å². The van der Waals surface area contributed by atoms with Crippen molar-refractivity contribution in [1.82, 2.24) is 31.6 Å². The molecule has 1 aliphatic carbocycles. The zero-order valence-electron chi connectivity index (χ0n) is 27.1. The van der Waals surface area contributed by atoms with E-state index in [9.17, 15) is 9.59 Å². The Bertz CT molecular complexity index is 1570. The van der Waals surface area contributed by atoms with E-state index in [4.69, 9.17) is 14.8 Å². The van der Waals surface area contributed by atoms with E-state index in [1.165, 1.54) is 0 Å². The zero-order valence-corrected chi connectivity index (χ0v) is 27.1. The average Bonchev–Trinajstić information content (AvgIpc) is 3.48. The second kappa shape index (κ2) is 15.3. The van der Waals surface area contributed by atoms with Crippen LogP contribution >= 0.6 is 0 Å². The Balaban J connectivity index is 1.30. The van der Waals surface area contributed by atoms with Crippen LogP contribution in [0.2, 0.25) is 0 Å². The van der Waals surface area contributed by atoms with Crippen LogP contribution in [0.1, 0.15) is 56.4 Å². The minimum Gasteiger partial charge on any atom is -0.395 e. The van der Waals surface area contributed by atoms with Gasteiger partial charge in [-0.05, 0) is 79.2 Å². The number of hydrogen-bond donors (Lipinski definition) is 6. The van der Waals surface area contributed by atoms with Gasteiger partial charge in [-0.2, -0.15) is 0 Å². The maximum absolute atomic E-state index is 13.5. The quantitative estimate of drug-likeness (QED) is 0.194. The minimum absolute atomic E-state index is 0.0526. The first-order valence-electron chi connectivity index (χ1n) is 15.9. The van der Waals surface area contributed by atoms with Crippen LogP contribution in [0.25, 0.3) is 11.3 Å². The molecule has 0 aromatic carbocycles. The Morgan fingerprint density at radius 3 is 2.76 bits per heavy atom. The topological polar surface area (TPSA) is 149 Å². The summed E-state index contributed by atoms with van der Waals surface area (Å²) in [6.07, 6.45) is 16.1. The van der Waals surface area contributed by atoms with Crippen molar-refractivity contribution in [3.63, 3.8) is 0 Å². The van der Waals surface area contributed by atoms with E-state index in [0.717, 1.165) is 75.5 Å². The molecule has 1 aromatic heterocycles. The fraction of sp³-hybridized carbons (Fsp3) is 0.429. The molecule has 11 heteroatoms. The summed E-state index contributed by atoms with van der Waals surface area (Å²) < 4.78 is 5.79. The molecule has 0 saturated carbocycles. The lowest BCUT2D eigenvalue weighted by Crippen LogP contribution is -2.40. The molecule has 1 saturated heterocycles. The summed E-state index contributed by atoms with van der Waals surface area (Å²) >= 11 is 0. The van der Waals surface area contributed by atoms with Crippen LogP contribution in [0.4, 0.5) is 0 Å². The molecule has 0 spiro atoms. The van der Waals surface area contributed by atoms with Crippen molar-refractivity contribution in [2.24, 2.45) is 10.9 Å². The van der Waals surface area contributed by atoms with Crippen LogP contribution in [0.3, 0.4) is 0 Å². The summed E-state index contributed by atoms with van der Waals surface area (Å²) in [6, 6.07) is 1.49. The van der Waals surface area contributed by atoms with Gasteiger partial charge in [-0.1, -0.05) is 19.1 Å². The molecule has 1 fully saturated rings. The highest BCUT2D eigenvalue weighted by Crippen LogP contribution is 2.35. The second-order valence-electron chi connectivity index (χ2n) is 11.9. The number of pyridine rings is 1. The highest BCUT2D eigenvalue weighted by Gasteiger charge is 2.30. The number of nitrogens with one attached hydrogen (secondary N) is 5. The van der Waals surface area contributed by atoms with E-state index in [1.54, 1.807) is 13.3 Å². The number of amides is 2. The first kappa shape index (κ1) is 33.1. The summed E-state index contributed by atoms with van der Waals surface area (Å²) in [4.78, 5) is 34.2. The van der Waals surface area contributed by atoms with Crippen LogP contribution < -0.4 is 26.6 Å². The van der Waals surface area contributed by atoms with Gasteiger partial charge in [-0.25, -0.2) is 0 Å². The van der Waals surface area contributed by atoms with Gasteiger partial charge in [0.05, 0.1) is 12.3 Å². The first-order chi connectivity index (χ1) is 22.3. The smallest absolute Gasteiger partial charge is 0.249 e. The van der Waals surface area contributed by atoms with Gasteiger partial charge in [-0.15, -0.1) is 0 Å². The average molecular weight is 628 g/mol. The molecule has 46 heavy (non-hydrogen) atoms. The monoisotopic (exact) mass is 627 g/mol. The number of carbonyl (C=O) groups excluding carboxylic acids is 2. The summed E-state index contributed by atoms with van der Waals surface area (Å²) in [5.74, 6) is -0.142. The molecule has 3 atom stereocenters. The SMILES string of the molecule is COC1NC(c2ccnc(C3=C(C)C(NC(=O)[C@H]4N=CC=C(CNCCO)[C@@H]4C)=CCC3)c2C)=CC=C1CN/C=C1\CCC(=O)N1. The van der Waals surface area contributed by atoms with Gasteiger partial charge < -0.3 is 36.4 Å². The number of aliphatic imine (C=N–C) groups is 1. The van der Waals surface area contributed by atoms with Crippen molar-refractivity contribution in [2.45, 2.75) is 58.7 Å². The highest BCUT2D eigenvalue weighted by atomic mass is 16.5. The maximum atomic E-state index is 13.5. The van der Waals surface area contributed by atoms with Crippen molar-refractivity contribution >= 4 is 29.3 Å². The number of allylic oxidation sites excluding steroid dienone is 7. The molecule has 4 aliphatic rings. The molecule has 1 unspecified atom stereocenters. The van der Waals surface area contributed by atoms with Crippen molar-refractivity contribution in [1.29, 1.82) is 0 Å². The molecule has 0 bridgehead atoms. The second-order valence-corrected chi connectivity index (χ2v) is 11.9. The Kier molecular flexibility index (Phi) is 11.0. The van der Waals surface area contributed by atoms with Crippen LogP contribution in [-0.2, 0) is 14.3 Å². The molecule has 244 valence electrons. The number of methoxy groups -OCH3 is 1. The molecule has 1 aromatic rings. The van der Waals surface area contributed by atoms with Crippen molar-refractivity contribution in [3.05, 3.63) is 87.7 Å². The number of rotatable bonds is 12. The lowest BCUT2D eigenvalue weighted by Gasteiger charge is -2.28. The summed E-state index contributed by atoms with van der Waals surface area (Å²) in [5.41, 5.74) is 9.87. The fourth-order valence-corrected chi connectivity index (χ4v) is 6.23. The molecule has 4 heterocycles. The Labute approximate surface area is 270 Å². The Morgan fingerprint density at radius 2 is 2.00 bits per heavy atom. The first-order valence-corrected chi connectivity index (χ1v) is 15.9. The molecule has 11 nitrogen and oxygen atoms in total. The normalized spacial score (nSPS) is 23.7. The highest BCUT2D eigenvalue weighted by molar-refractivity contribution is 5.90. The summed E-state index contributed by atoms with van der Waals surface area (Å²) in [6.45, 7) is 7.89. The Hall–Kier alpha value is -4.32. The Morgan fingerprint density at radius 1 is 1.15 bits per heavy atom. The number of hydrogen-bond acceptors (Lipinski definition) is 9. The molecule has 6 N–H and O–H groups in total. The van der Waals surface area contributed by atoms with E-state index < -0.39 is 6.04 Å². The van der Waals surface area contributed by atoms with E-state index >= 15 is 0 Å². The van der Waals surface area contributed by atoms with Crippen molar-refractivity contribution in [2.75, 3.05) is 33.4 Å². The van der Waals surface area contributed by atoms with Gasteiger partial charge in [0.1, 0.15) is 6.04 Å². The summed E-state index contributed by atoms with van der Waals surface area (Å²) in [7, 11) is 1.68. The summed E-state index contributed by atoms with van der Waals surface area (Å²) in [5, 5.41) is 25.1. The van der Waals surface area contributed by atoms with Gasteiger partial charge in [0.2, 0.25) is 11.8 Å². The lowest BCUT2D eigenvalue weighted by atomic mass is 9.88. The third-order valence-corrected chi connectivity index (χ3v) is 8.94. The molecular formula is C35H45N7O4.